The first-order valence-corrected chi connectivity index (χ1v) is 6.35. The van der Waals surface area contributed by atoms with Gasteiger partial charge < -0.3 is 19.4 Å². The van der Waals surface area contributed by atoms with Crippen molar-refractivity contribution in [1.82, 2.24) is 0 Å². The number of carboxylic acids is 1. The number of aromatic carboxylic acids is 1. The average Bonchev–Trinajstić information content (AvgIpc) is 2.95. The first-order chi connectivity index (χ1) is 9.61. The van der Waals surface area contributed by atoms with Crippen LogP contribution in [0, 0.1) is 0 Å². The Morgan fingerprint density at radius 3 is 2.50 bits per heavy atom. The summed E-state index contributed by atoms with van der Waals surface area (Å²) in [5.74, 6) is -0.424. The molecule has 0 bridgehead atoms. The molecule has 0 radical (unpaired) electrons. The van der Waals surface area contributed by atoms with Crippen molar-refractivity contribution in [2.24, 2.45) is 0 Å². The molecule has 2 aromatic rings. The molecule has 5 nitrogen and oxygen atoms in total. The van der Waals surface area contributed by atoms with E-state index in [1.54, 1.807) is 24.3 Å². The van der Waals surface area contributed by atoms with E-state index in [0.717, 1.165) is 12.2 Å². The summed E-state index contributed by atoms with van der Waals surface area (Å²) < 4.78 is 10.5. The van der Waals surface area contributed by atoms with Crippen LogP contribution in [0.1, 0.15) is 41.3 Å². The highest BCUT2D eigenvalue weighted by atomic mass is 16.5. The molecule has 1 aromatic heterocycles. The van der Waals surface area contributed by atoms with Gasteiger partial charge in [-0.25, -0.2) is 4.79 Å². The zero-order chi connectivity index (χ0) is 14.5. The van der Waals surface area contributed by atoms with Gasteiger partial charge in [-0.15, -0.1) is 0 Å². The van der Waals surface area contributed by atoms with Crippen LogP contribution in [0.25, 0.3) is 0 Å². The largest absolute Gasteiger partial charge is 0.494 e. The number of carboxylic acid groups (broad SMARTS) is 1. The fourth-order valence-electron chi connectivity index (χ4n) is 1.75. The lowest BCUT2D eigenvalue weighted by Gasteiger charge is -2.09. The first-order valence-electron chi connectivity index (χ1n) is 6.35. The lowest BCUT2D eigenvalue weighted by Crippen LogP contribution is -1.99. The Balaban J connectivity index is 2.11. The monoisotopic (exact) mass is 276 g/mol. The van der Waals surface area contributed by atoms with Crippen LogP contribution in [0.5, 0.6) is 5.75 Å². The van der Waals surface area contributed by atoms with E-state index in [0.29, 0.717) is 12.2 Å². The number of carbonyl (C=O) groups is 1. The molecule has 1 unspecified atom stereocenters. The molecule has 0 aliphatic carbocycles. The number of hydrogen-bond donors (Lipinski definition) is 2. The van der Waals surface area contributed by atoms with Gasteiger partial charge in [0, 0.05) is 0 Å². The van der Waals surface area contributed by atoms with Crippen molar-refractivity contribution in [3.63, 3.8) is 0 Å². The summed E-state index contributed by atoms with van der Waals surface area (Å²) >= 11 is 0. The molecule has 0 saturated carbocycles. The summed E-state index contributed by atoms with van der Waals surface area (Å²) in [6.07, 6.45) is -0.0716. The number of hydrogen-bond acceptors (Lipinski definition) is 4. The second-order valence-electron chi connectivity index (χ2n) is 4.33. The van der Waals surface area contributed by atoms with Gasteiger partial charge in [-0.05, 0) is 36.2 Å². The topological polar surface area (TPSA) is 79.9 Å². The SMILES string of the molecule is CCCOc1ccc(C(O)c2ccc(C(=O)O)o2)cc1. The van der Waals surface area contributed by atoms with Crippen LogP contribution < -0.4 is 4.74 Å². The van der Waals surface area contributed by atoms with Gasteiger partial charge in [0.2, 0.25) is 5.76 Å². The van der Waals surface area contributed by atoms with Crippen molar-refractivity contribution < 1.29 is 24.2 Å². The third-order valence-corrected chi connectivity index (χ3v) is 2.78. The molecule has 0 saturated heterocycles. The third kappa shape index (κ3) is 3.19. The quantitative estimate of drug-likeness (QED) is 0.848. The van der Waals surface area contributed by atoms with E-state index in [4.69, 9.17) is 14.3 Å². The number of aliphatic hydroxyl groups excluding tert-OH is 1. The Morgan fingerprint density at radius 1 is 1.25 bits per heavy atom. The lowest BCUT2D eigenvalue weighted by atomic mass is 10.1. The number of rotatable bonds is 6. The molecule has 0 fully saturated rings. The Labute approximate surface area is 116 Å². The minimum Gasteiger partial charge on any atom is -0.494 e. The average molecular weight is 276 g/mol. The Bertz CT molecular complexity index is 570. The van der Waals surface area contributed by atoms with E-state index < -0.39 is 12.1 Å². The van der Waals surface area contributed by atoms with Crippen LogP contribution in [-0.2, 0) is 0 Å². The van der Waals surface area contributed by atoms with Crippen LogP contribution in [0.3, 0.4) is 0 Å². The standard InChI is InChI=1S/C15H16O5/c1-2-9-19-11-5-3-10(4-6-11)14(16)12-7-8-13(20-12)15(17)18/h3-8,14,16H,2,9H2,1H3,(H,17,18). The lowest BCUT2D eigenvalue weighted by molar-refractivity contribution is 0.0655. The van der Waals surface area contributed by atoms with Crippen LogP contribution >= 0.6 is 0 Å². The highest BCUT2D eigenvalue weighted by Gasteiger charge is 2.17. The Kier molecular flexibility index (Phi) is 4.42. The van der Waals surface area contributed by atoms with E-state index in [-0.39, 0.29) is 11.5 Å². The van der Waals surface area contributed by atoms with Crippen molar-refractivity contribution in [1.29, 1.82) is 0 Å². The first kappa shape index (κ1) is 14.1. The van der Waals surface area contributed by atoms with Gasteiger partial charge in [0.25, 0.3) is 0 Å². The second kappa shape index (κ2) is 6.25. The van der Waals surface area contributed by atoms with Crippen LogP contribution in [-0.4, -0.2) is 22.8 Å². The van der Waals surface area contributed by atoms with Gasteiger partial charge in [0.1, 0.15) is 17.6 Å². The fourth-order valence-corrected chi connectivity index (χ4v) is 1.75. The zero-order valence-electron chi connectivity index (χ0n) is 11.1. The van der Waals surface area contributed by atoms with Crippen LogP contribution in [0.2, 0.25) is 0 Å². The predicted octanol–water partition coefficient (Wildman–Crippen LogP) is 2.85. The number of aliphatic hydroxyl groups is 1. The molecule has 0 amide bonds. The molecule has 5 heteroatoms. The van der Waals surface area contributed by atoms with Crippen molar-refractivity contribution >= 4 is 5.97 Å². The van der Waals surface area contributed by atoms with Gasteiger partial charge in [-0.1, -0.05) is 19.1 Å². The third-order valence-electron chi connectivity index (χ3n) is 2.78. The maximum Gasteiger partial charge on any atom is 0.371 e. The maximum atomic E-state index is 10.7. The van der Waals surface area contributed by atoms with Gasteiger partial charge in [-0.3, -0.25) is 0 Å². The van der Waals surface area contributed by atoms with Gasteiger partial charge in [0.15, 0.2) is 0 Å². The summed E-state index contributed by atoms with van der Waals surface area (Å²) in [5.41, 5.74) is 0.611. The number of benzene rings is 1. The maximum absolute atomic E-state index is 10.7. The van der Waals surface area contributed by atoms with E-state index in [2.05, 4.69) is 0 Å². The van der Waals surface area contributed by atoms with E-state index in [9.17, 15) is 9.90 Å². The molecular formula is C15H16O5. The molecule has 0 aliphatic heterocycles. The summed E-state index contributed by atoms with van der Waals surface area (Å²) in [5, 5.41) is 18.9. The van der Waals surface area contributed by atoms with E-state index >= 15 is 0 Å². The molecule has 1 heterocycles. The second-order valence-corrected chi connectivity index (χ2v) is 4.33. The van der Waals surface area contributed by atoms with Crippen molar-refractivity contribution in [2.45, 2.75) is 19.4 Å². The molecule has 1 aromatic carbocycles. The van der Waals surface area contributed by atoms with Crippen LogP contribution in [0.4, 0.5) is 0 Å². The number of furan rings is 1. The molecule has 20 heavy (non-hydrogen) atoms. The summed E-state index contributed by atoms with van der Waals surface area (Å²) in [7, 11) is 0. The fraction of sp³-hybridized carbons (Fsp3) is 0.267. The molecular weight excluding hydrogens is 260 g/mol. The van der Waals surface area contributed by atoms with E-state index in [1.165, 1.54) is 12.1 Å². The molecule has 0 spiro atoms. The highest BCUT2D eigenvalue weighted by Crippen LogP contribution is 2.25. The Hall–Kier alpha value is -2.27. The minimum absolute atomic E-state index is 0.193. The van der Waals surface area contributed by atoms with Crippen molar-refractivity contribution in [2.75, 3.05) is 6.61 Å². The summed E-state index contributed by atoms with van der Waals surface area (Å²) in [6.45, 7) is 2.66. The number of ether oxygens (including phenoxy) is 1. The minimum atomic E-state index is -1.16. The van der Waals surface area contributed by atoms with Crippen LogP contribution in [0.15, 0.2) is 40.8 Å². The molecule has 0 aliphatic rings. The molecule has 2 N–H and O–H groups in total. The summed E-state index contributed by atoms with van der Waals surface area (Å²) in [6, 6.07) is 9.73. The van der Waals surface area contributed by atoms with Gasteiger partial charge in [0.05, 0.1) is 6.61 Å². The zero-order valence-corrected chi connectivity index (χ0v) is 11.1. The van der Waals surface area contributed by atoms with Gasteiger partial charge in [-0.2, -0.15) is 0 Å². The highest BCUT2D eigenvalue weighted by molar-refractivity contribution is 5.84. The van der Waals surface area contributed by atoms with Crippen molar-refractivity contribution in [3.8, 4) is 5.75 Å². The molecule has 2 rings (SSSR count). The van der Waals surface area contributed by atoms with E-state index in [1.807, 2.05) is 6.92 Å². The smallest absolute Gasteiger partial charge is 0.371 e. The molecule has 1 atom stereocenters. The summed E-state index contributed by atoms with van der Waals surface area (Å²) in [4.78, 5) is 10.7. The normalized spacial score (nSPS) is 12.1. The predicted molar refractivity (Wildman–Crippen MR) is 72.0 cm³/mol. The molecule has 106 valence electrons. The van der Waals surface area contributed by atoms with Gasteiger partial charge >= 0.3 is 5.97 Å². The Morgan fingerprint density at radius 2 is 1.95 bits per heavy atom. The van der Waals surface area contributed by atoms with Crippen molar-refractivity contribution in [3.05, 3.63) is 53.5 Å².